The maximum atomic E-state index is 12.8. The summed E-state index contributed by atoms with van der Waals surface area (Å²) >= 11 is 1.51. The van der Waals surface area contributed by atoms with Crippen LogP contribution in [0.5, 0.6) is 0 Å². The van der Waals surface area contributed by atoms with Crippen molar-refractivity contribution in [2.75, 3.05) is 13.1 Å². The van der Waals surface area contributed by atoms with Gasteiger partial charge in [-0.25, -0.2) is 8.42 Å². The van der Waals surface area contributed by atoms with Crippen molar-refractivity contribution in [3.8, 4) is 0 Å². The molecule has 114 valence electrons. The summed E-state index contributed by atoms with van der Waals surface area (Å²) in [6.45, 7) is 8.17. The van der Waals surface area contributed by atoms with Crippen LogP contribution >= 0.6 is 11.3 Å². The van der Waals surface area contributed by atoms with Gasteiger partial charge in [0.15, 0.2) is 0 Å². The van der Waals surface area contributed by atoms with E-state index in [1.165, 1.54) is 11.3 Å². The third-order valence-electron chi connectivity index (χ3n) is 3.61. The first-order valence-corrected chi connectivity index (χ1v) is 9.53. The number of piperidine rings is 1. The lowest BCUT2D eigenvalue weighted by Gasteiger charge is -2.30. The van der Waals surface area contributed by atoms with Crippen molar-refractivity contribution in [1.29, 1.82) is 0 Å². The molecule has 0 spiro atoms. The van der Waals surface area contributed by atoms with E-state index in [4.69, 9.17) is 0 Å². The fourth-order valence-electron chi connectivity index (χ4n) is 2.49. The summed E-state index contributed by atoms with van der Waals surface area (Å²) < 4.78 is 27.2. The minimum Gasteiger partial charge on any atom is -0.310 e. The third-order valence-corrected chi connectivity index (χ3v) is 6.61. The fraction of sp³-hybridized carbons (Fsp3) is 0.714. The zero-order chi connectivity index (χ0) is 14.8. The van der Waals surface area contributed by atoms with E-state index in [2.05, 4.69) is 26.1 Å². The molecule has 1 aliphatic rings. The molecule has 0 amide bonds. The van der Waals surface area contributed by atoms with E-state index in [1.807, 2.05) is 5.38 Å². The van der Waals surface area contributed by atoms with Crippen molar-refractivity contribution in [3.05, 3.63) is 16.3 Å². The smallest absolute Gasteiger partial charge is 0.244 e. The molecule has 0 aromatic carbocycles. The highest BCUT2D eigenvalue weighted by Gasteiger charge is 2.30. The molecule has 0 saturated carbocycles. The molecule has 2 heterocycles. The van der Waals surface area contributed by atoms with Gasteiger partial charge in [0.05, 0.1) is 4.90 Å². The normalized spacial score (nSPS) is 21.5. The second-order valence-corrected chi connectivity index (χ2v) is 8.76. The zero-order valence-electron chi connectivity index (χ0n) is 12.4. The first-order valence-electron chi connectivity index (χ1n) is 7.21. The lowest BCUT2D eigenvalue weighted by atomic mass is 10.0. The van der Waals surface area contributed by atoms with Gasteiger partial charge in [0.1, 0.15) is 0 Å². The van der Waals surface area contributed by atoms with Crippen LogP contribution in [-0.4, -0.2) is 31.9 Å². The Bertz CT molecular complexity index is 537. The van der Waals surface area contributed by atoms with E-state index in [-0.39, 0.29) is 0 Å². The number of hydrogen-bond acceptors (Lipinski definition) is 4. The molecule has 0 radical (unpaired) electrons. The van der Waals surface area contributed by atoms with Gasteiger partial charge in [-0.05, 0) is 30.2 Å². The molecule has 4 nitrogen and oxygen atoms in total. The van der Waals surface area contributed by atoms with Crippen LogP contribution in [0.15, 0.2) is 16.3 Å². The molecule has 0 bridgehead atoms. The molecule has 1 N–H and O–H groups in total. The topological polar surface area (TPSA) is 49.4 Å². The number of nitrogens with one attached hydrogen (secondary N) is 1. The zero-order valence-corrected chi connectivity index (χ0v) is 14.1. The lowest BCUT2D eigenvalue weighted by molar-refractivity contribution is 0.281. The van der Waals surface area contributed by atoms with Crippen molar-refractivity contribution < 1.29 is 8.42 Å². The van der Waals surface area contributed by atoms with Gasteiger partial charge in [-0.15, -0.1) is 11.3 Å². The molecule has 0 aliphatic carbocycles. The Hall–Kier alpha value is -0.430. The van der Waals surface area contributed by atoms with Gasteiger partial charge >= 0.3 is 0 Å². The minimum absolute atomic E-state index is 0.350. The first kappa shape index (κ1) is 15.9. The fourth-order valence-corrected chi connectivity index (χ4v) is 5.45. The van der Waals surface area contributed by atoms with Crippen molar-refractivity contribution in [3.63, 3.8) is 0 Å². The van der Waals surface area contributed by atoms with Gasteiger partial charge in [-0.3, -0.25) is 0 Å². The molecule has 20 heavy (non-hydrogen) atoms. The van der Waals surface area contributed by atoms with Crippen molar-refractivity contribution in [1.82, 2.24) is 9.62 Å². The van der Waals surface area contributed by atoms with Crippen molar-refractivity contribution in [2.24, 2.45) is 5.92 Å². The molecular formula is C14H24N2O2S2. The average molecular weight is 316 g/mol. The predicted molar refractivity (Wildman–Crippen MR) is 83.5 cm³/mol. The number of nitrogens with zero attached hydrogens (tertiary/aromatic N) is 1. The largest absolute Gasteiger partial charge is 0.310 e. The quantitative estimate of drug-likeness (QED) is 0.908. The molecule has 6 heteroatoms. The lowest BCUT2D eigenvalue weighted by Crippen LogP contribution is -2.39. The van der Waals surface area contributed by atoms with Crippen LogP contribution in [0.3, 0.4) is 0 Å². The summed E-state index contributed by atoms with van der Waals surface area (Å²) in [5, 5.41) is 5.17. The highest BCUT2D eigenvalue weighted by molar-refractivity contribution is 7.89. The maximum absolute atomic E-state index is 12.8. The predicted octanol–water partition coefficient (Wildman–Crippen LogP) is 2.67. The van der Waals surface area contributed by atoms with Crippen LogP contribution in [0, 0.1) is 5.92 Å². The highest BCUT2D eigenvalue weighted by atomic mass is 32.2. The number of sulfonamides is 1. The van der Waals surface area contributed by atoms with E-state index in [9.17, 15) is 8.42 Å². The van der Waals surface area contributed by atoms with E-state index in [1.54, 1.807) is 10.4 Å². The molecule has 1 aliphatic heterocycles. The van der Waals surface area contributed by atoms with Gasteiger partial charge in [-0.1, -0.05) is 20.8 Å². The van der Waals surface area contributed by atoms with E-state index >= 15 is 0 Å². The Kier molecular flexibility index (Phi) is 5.23. The van der Waals surface area contributed by atoms with Gasteiger partial charge in [0, 0.05) is 30.6 Å². The Morgan fingerprint density at radius 2 is 2.25 bits per heavy atom. The Morgan fingerprint density at radius 1 is 1.50 bits per heavy atom. The summed E-state index contributed by atoms with van der Waals surface area (Å²) in [6, 6.07) is 2.10. The van der Waals surface area contributed by atoms with E-state index in [0.29, 0.717) is 36.5 Å². The Balaban J connectivity index is 2.19. The second-order valence-electron chi connectivity index (χ2n) is 5.85. The number of rotatable bonds is 5. The molecule has 1 fully saturated rings. The molecule has 1 atom stereocenters. The van der Waals surface area contributed by atoms with Crippen LogP contribution in [0.25, 0.3) is 0 Å². The maximum Gasteiger partial charge on any atom is 0.244 e. The number of thiophene rings is 1. The third kappa shape index (κ3) is 3.61. The Morgan fingerprint density at radius 3 is 2.90 bits per heavy atom. The van der Waals surface area contributed by atoms with Gasteiger partial charge in [0.25, 0.3) is 0 Å². The summed E-state index contributed by atoms with van der Waals surface area (Å²) in [6.07, 6.45) is 2.08. The summed E-state index contributed by atoms with van der Waals surface area (Å²) in [4.78, 5) is 1.40. The summed E-state index contributed by atoms with van der Waals surface area (Å²) in [5.41, 5.74) is 0. The highest BCUT2D eigenvalue weighted by Crippen LogP contribution is 2.28. The van der Waals surface area contributed by atoms with Gasteiger partial charge < -0.3 is 5.32 Å². The monoisotopic (exact) mass is 316 g/mol. The van der Waals surface area contributed by atoms with Crippen molar-refractivity contribution >= 4 is 21.4 Å². The van der Waals surface area contributed by atoms with E-state index in [0.717, 1.165) is 17.7 Å². The molecule has 1 unspecified atom stereocenters. The molecule has 2 rings (SSSR count). The van der Waals surface area contributed by atoms with Crippen LogP contribution in [0.4, 0.5) is 0 Å². The minimum atomic E-state index is -3.33. The average Bonchev–Trinajstić information content (AvgIpc) is 2.85. The van der Waals surface area contributed by atoms with Crippen molar-refractivity contribution in [2.45, 2.75) is 51.1 Å². The van der Waals surface area contributed by atoms with Crippen LogP contribution in [0.2, 0.25) is 0 Å². The standard InChI is InChI=1S/C14H24N2O2S2/c1-11(2)15-9-13-14(6-8-19-13)20(17,18)16-7-4-5-12(3)10-16/h6,8,11-12,15H,4-5,7,9-10H2,1-3H3. The van der Waals surface area contributed by atoms with Crippen LogP contribution < -0.4 is 5.32 Å². The molecular weight excluding hydrogens is 292 g/mol. The first-order chi connectivity index (χ1) is 9.41. The van der Waals surface area contributed by atoms with Crippen LogP contribution in [-0.2, 0) is 16.6 Å². The SMILES string of the molecule is CC1CCCN(S(=O)(=O)c2ccsc2CNC(C)C)C1. The number of hydrogen-bond donors (Lipinski definition) is 1. The van der Waals surface area contributed by atoms with Gasteiger partial charge in [0.2, 0.25) is 10.0 Å². The molecule has 1 aromatic heterocycles. The summed E-state index contributed by atoms with van der Waals surface area (Å²) in [5.74, 6) is 0.453. The second kappa shape index (κ2) is 6.56. The van der Waals surface area contributed by atoms with Crippen LogP contribution in [0.1, 0.15) is 38.5 Å². The van der Waals surface area contributed by atoms with E-state index < -0.39 is 10.0 Å². The summed E-state index contributed by atoms with van der Waals surface area (Å²) in [7, 11) is -3.33. The molecule has 1 saturated heterocycles. The van der Waals surface area contributed by atoms with Gasteiger partial charge in [-0.2, -0.15) is 4.31 Å². The molecule has 1 aromatic rings. The Labute approximate surface area is 126 Å².